The zero-order valence-corrected chi connectivity index (χ0v) is 28.3. The molecule has 48 heavy (non-hydrogen) atoms. The number of unbranched alkanes of at least 4 members (excludes halogenated alkanes) is 4. The Bertz CT molecular complexity index is 982. The van der Waals surface area contributed by atoms with Crippen LogP contribution >= 0.6 is 0 Å². The number of carboxylic acid groups (broad SMARTS) is 1. The van der Waals surface area contributed by atoms with Crippen LogP contribution in [0.25, 0.3) is 0 Å². The average molecular weight is 687 g/mol. The second-order valence-corrected chi connectivity index (χ2v) is 11.8. The first-order chi connectivity index (χ1) is 22.9. The molecule has 0 bridgehead atoms. The van der Waals surface area contributed by atoms with Gasteiger partial charge in [-0.1, -0.05) is 6.42 Å². The predicted octanol–water partition coefficient (Wildman–Crippen LogP) is -3.09. The molecule has 0 aliphatic rings. The summed E-state index contributed by atoms with van der Waals surface area (Å²) in [6.45, 7) is 1.77. The largest absolute Gasteiger partial charge is 0.480 e. The highest BCUT2D eigenvalue weighted by Gasteiger charge is 2.31. The van der Waals surface area contributed by atoms with Gasteiger partial charge in [-0.15, -0.1) is 0 Å². The fourth-order valence-corrected chi connectivity index (χ4v) is 4.78. The maximum Gasteiger partial charge on any atom is 0.326 e. The Kier molecular flexibility index (Phi) is 25.3. The number of carbonyl (C=O) groups is 5. The Hall–Kier alpha value is -3.58. The van der Waals surface area contributed by atoms with Gasteiger partial charge in [-0.25, -0.2) is 4.79 Å². The van der Waals surface area contributed by atoms with E-state index in [1.807, 2.05) is 0 Å². The SMILES string of the molecule is NCCCC[C@H](NC(=O)[C@H](CCCN=C(N)N)NC(=O)[C@H](CCCCN)NC(=O)[C@H](CCCCN)NC(=O)[C@@H](N)CCCCN)C(=O)O. The molecule has 0 aliphatic carbocycles. The monoisotopic (exact) mass is 686 g/mol. The fourth-order valence-electron chi connectivity index (χ4n) is 4.78. The molecule has 0 radical (unpaired) electrons. The van der Waals surface area contributed by atoms with Crippen LogP contribution in [-0.2, 0) is 24.0 Å². The van der Waals surface area contributed by atoms with Crippen molar-refractivity contribution in [1.29, 1.82) is 0 Å². The summed E-state index contributed by atoms with van der Waals surface area (Å²) < 4.78 is 0. The number of aliphatic carboxylic acids is 1. The molecule has 0 aromatic carbocycles. The lowest BCUT2D eigenvalue weighted by Crippen LogP contribution is -2.58. The molecule has 0 heterocycles. The summed E-state index contributed by atoms with van der Waals surface area (Å²) in [4.78, 5) is 69.1. The standard InChI is InChI=1S/C30H62N12O6/c31-15-5-1-10-20(35)25(43)39-21(11-2-6-16-32)26(44)40-22(12-3-7-17-33)27(45)41-23(14-9-19-38-30(36)37)28(46)42-24(29(47)48)13-4-8-18-34/h20-24H,1-19,31-35H2,(H,39,43)(H,40,44)(H,41,45)(H,42,46)(H,47,48)(H4,36,37,38)/t20-,21-,22-,23-,24-/m0/s1. The summed E-state index contributed by atoms with van der Waals surface area (Å²) >= 11 is 0. The minimum Gasteiger partial charge on any atom is -0.480 e. The van der Waals surface area contributed by atoms with Crippen molar-refractivity contribution in [3.8, 4) is 0 Å². The highest BCUT2D eigenvalue weighted by molar-refractivity contribution is 5.95. The number of hydrogen-bond donors (Lipinski definition) is 12. The van der Waals surface area contributed by atoms with E-state index >= 15 is 0 Å². The molecule has 0 aliphatic heterocycles. The van der Waals surface area contributed by atoms with Crippen LogP contribution in [0.3, 0.4) is 0 Å². The molecule has 278 valence electrons. The number of guanidine groups is 1. The number of rotatable bonds is 29. The number of amides is 4. The molecule has 0 unspecified atom stereocenters. The van der Waals surface area contributed by atoms with Crippen LogP contribution in [0, 0.1) is 0 Å². The number of nitrogens with one attached hydrogen (secondary N) is 4. The van der Waals surface area contributed by atoms with Gasteiger partial charge in [-0.05, 0) is 110 Å². The summed E-state index contributed by atoms with van der Waals surface area (Å²) in [6.07, 6.45) is 5.98. The highest BCUT2D eigenvalue weighted by Crippen LogP contribution is 2.09. The van der Waals surface area contributed by atoms with Crippen molar-refractivity contribution in [2.24, 2.45) is 45.1 Å². The molecule has 0 fully saturated rings. The molecule has 18 heteroatoms. The van der Waals surface area contributed by atoms with Crippen LogP contribution in [0.4, 0.5) is 0 Å². The van der Waals surface area contributed by atoms with E-state index in [2.05, 4.69) is 26.3 Å². The molecular formula is C30H62N12O6. The van der Waals surface area contributed by atoms with Crippen molar-refractivity contribution in [2.45, 2.75) is 120 Å². The van der Waals surface area contributed by atoms with Gasteiger partial charge in [0.25, 0.3) is 0 Å². The summed E-state index contributed by atoms with van der Waals surface area (Å²) in [6, 6.07) is -5.28. The number of carbonyl (C=O) groups excluding carboxylic acids is 4. The molecular weight excluding hydrogens is 624 g/mol. The first-order valence-electron chi connectivity index (χ1n) is 17.0. The van der Waals surface area contributed by atoms with E-state index in [4.69, 9.17) is 40.1 Å². The van der Waals surface area contributed by atoms with Gasteiger partial charge in [0.1, 0.15) is 24.2 Å². The minimum atomic E-state index is -1.22. The molecule has 18 nitrogen and oxygen atoms in total. The lowest BCUT2D eigenvalue weighted by Gasteiger charge is -2.26. The van der Waals surface area contributed by atoms with Crippen molar-refractivity contribution in [3.63, 3.8) is 0 Å². The third-order valence-electron chi connectivity index (χ3n) is 7.61. The molecule has 4 amide bonds. The number of hydrogen-bond acceptors (Lipinski definition) is 11. The van der Waals surface area contributed by atoms with Crippen molar-refractivity contribution < 1.29 is 29.1 Å². The number of nitrogens with two attached hydrogens (primary N) is 7. The Balaban J connectivity index is 6.00. The Labute approximate surface area is 283 Å². The normalized spacial score (nSPS) is 14.1. The highest BCUT2D eigenvalue weighted by atomic mass is 16.4. The molecule has 0 saturated carbocycles. The molecule has 0 aromatic heterocycles. The van der Waals surface area contributed by atoms with Crippen molar-refractivity contribution in [3.05, 3.63) is 0 Å². The molecule has 5 atom stereocenters. The Morgan fingerprint density at radius 3 is 1.21 bits per heavy atom. The molecule has 0 rings (SSSR count). The van der Waals surface area contributed by atoms with E-state index in [-0.39, 0.29) is 44.6 Å². The zero-order chi connectivity index (χ0) is 36.3. The van der Waals surface area contributed by atoms with Gasteiger partial charge in [0.2, 0.25) is 23.6 Å². The van der Waals surface area contributed by atoms with Crippen LogP contribution in [0.15, 0.2) is 4.99 Å². The smallest absolute Gasteiger partial charge is 0.326 e. The van der Waals surface area contributed by atoms with Crippen LogP contribution in [0.2, 0.25) is 0 Å². The number of nitrogens with zero attached hydrogens (tertiary/aromatic N) is 1. The van der Waals surface area contributed by atoms with E-state index < -0.39 is 59.8 Å². The maximum absolute atomic E-state index is 13.7. The average Bonchev–Trinajstić information content (AvgIpc) is 3.04. The summed E-state index contributed by atoms with van der Waals surface area (Å²) in [7, 11) is 0. The third-order valence-corrected chi connectivity index (χ3v) is 7.61. The van der Waals surface area contributed by atoms with Gasteiger partial charge in [-0.2, -0.15) is 0 Å². The van der Waals surface area contributed by atoms with E-state index in [1.165, 1.54) is 0 Å². The molecule has 0 aromatic rings. The van der Waals surface area contributed by atoms with E-state index in [9.17, 15) is 29.1 Å². The van der Waals surface area contributed by atoms with Crippen molar-refractivity contribution in [2.75, 3.05) is 32.7 Å². The molecule has 0 saturated heterocycles. The number of carboxylic acids is 1. The first kappa shape index (κ1) is 44.4. The second-order valence-electron chi connectivity index (χ2n) is 11.8. The van der Waals surface area contributed by atoms with Crippen molar-refractivity contribution >= 4 is 35.6 Å². The summed E-state index contributed by atoms with van der Waals surface area (Å²) in [5, 5.41) is 20.3. The van der Waals surface area contributed by atoms with Gasteiger partial charge >= 0.3 is 5.97 Å². The van der Waals surface area contributed by atoms with Crippen LogP contribution < -0.4 is 61.4 Å². The van der Waals surface area contributed by atoms with Crippen molar-refractivity contribution in [1.82, 2.24) is 21.3 Å². The Morgan fingerprint density at radius 1 is 0.500 bits per heavy atom. The maximum atomic E-state index is 13.7. The van der Waals surface area contributed by atoms with Gasteiger partial charge < -0.3 is 66.5 Å². The first-order valence-corrected chi connectivity index (χ1v) is 17.0. The lowest BCUT2D eigenvalue weighted by atomic mass is 10.0. The second kappa shape index (κ2) is 27.4. The third kappa shape index (κ3) is 20.6. The minimum absolute atomic E-state index is 0.0762. The molecule has 0 spiro atoms. The van der Waals surface area contributed by atoms with Gasteiger partial charge in [0, 0.05) is 6.54 Å². The van der Waals surface area contributed by atoms with Crippen LogP contribution in [0.1, 0.15) is 89.9 Å². The lowest BCUT2D eigenvalue weighted by molar-refractivity contribution is -0.142. The quantitative estimate of drug-likeness (QED) is 0.0211. The van der Waals surface area contributed by atoms with E-state index in [0.29, 0.717) is 84.0 Å². The van der Waals surface area contributed by atoms with E-state index in [1.54, 1.807) is 0 Å². The van der Waals surface area contributed by atoms with Crippen LogP contribution in [0.5, 0.6) is 0 Å². The number of aliphatic imine (C=N–C) groups is 1. The predicted molar refractivity (Wildman–Crippen MR) is 185 cm³/mol. The summed E-state index contributed by atoms with van der Waals surface area (Å²) in [5.41, 5.74) is 39.2. The van der Waals surface area contributed by atoms with E-state index in [0.717, 1.165) is 0 Å². The Morgan fingerprint density at radius 2 is 0.833 bits per heavy atom. The molecule has 19 N–H and O–H groups in total. The topological polar surface area (TPSA) is 348 Å². The fraction of sp³-hybridized carbons (Fsp3) is 0.800. The van der Waals surface area contributed by atoms with Gasteiger partial charge in [0.05, 0.1) is 6.04 Å². The summed E-state index contributed by atoms with van der Waals surface area (Å²) in [5.74, 6) is -3.83. The van der Waals surface area contributed by atoms with Crippen LogP contribution in [-0.4, -0.2) is 104 Å². The zero-order valence-electron chi connectivity index (χ0n) is 28.3. The van der Waals surface area contributed by atoms with Gasteiger partial charge in [0.15, 0.2) is 5.96 Å². The van der Waals surface area contributed by atoms with Gasteiger partial charge in [-0.3, -0.25) is 24.2 Å².